The summed E-state index contributed by atoms with van der Waals surface area (Å²) < 4.78 is 7.10. The number of carbonyl (C=O) groups excluding carboxylic acids is 2. The van der Waals surface area contributed by atoms with Gasteiger partial charge in [0, 0.05) is 21.6 Å². The molecule has 0 saturated carbocycles. The average molecular weight is 437 g/mol. The van der Waals surface area contributed by atoms with Gasteiger partial charge in [-0.3, -0.25) is 19.1 Å². The minimum absolute atomic E-state index is 0.331. The molecule has 2 aromatic heterocycles. The summed E-state index contributed by atoms with van der Waals surface area (Å²) in [7, 11) is 1.39. The molecule has 2 atom stereocenters. The molecule has 1 aliphatic heterocycles. The Morgan fingerprint density at radius 3 is 2.74 bits per heavy atom. The van der Waals surface area contributed by atoms with Crippen molar-refractivity contribution < 1.29 is 14.3 Å². The second-order valence-electron chi connectivity index (χ2n) is 7.61. The first-order chi connectivity index (χ1) is 14.9. The molecule has 1 aromatic carbocycles. The van der Waals surface area contributed by atoms with E-state index < -0.39 is 12.0 Å². The number of ether oxygens (including phenoxy) is 1. The fraction of sp³-hybridized carbons (Fsp3) is 0.348. The monoisotopic (exact) mass is 436 g/mol. The van der Waals surface area contributed by atoms with Crippen LogP contribution in [0.2, 0.25) is 0 Å². The smallest absolute Gasteiger partial charge is 0.311 e. The van der Waals surface area contributed by atoms with Gasteiger partial charge in [-0.2, -0.15) is 0 Å². The molecule has 3 heterocycles. The van der Waals surface area contributed by atoms with Crippen LogP contribution in [0, 0.1) is 26.7 Å². The van der Waals surface area contributed by atoms with E-state index in [1.807, 2.05) is 36.6 Å². The molecule has 31 heavy (non-hydrogen) atoms. The number of thiophene rings is 1. The Morgan fingerprint density at radius 2 is 2.06 bits per heavy atom. The van der Waals surface area contributed by atoms with Crippen molar-refractivity contribution in [3.8, 4) is 5.00 Å². The minimum Gasteiger partial charge on any atom is -0.469 e. The molecule has 0 N–H and O–H groups in total. The van der Waals surface area contributed by atoms with Gasteiger partial charge in [0.1, 0.15) is 23.2 Å². The highest BCUT2D eigenvalue weighted by molar-refractivity contribution is 7.15. The fourth-order valence-corrected chi connectivity index (χ4v) is 5.26. The summed E-state index contributed by atoms with van der Waals surface area (Å²) in [5.74, 6) is 0.522. The number of esters is 1. The van der Waals surface area contributed by atoms with Gasteiger partial charge in [-0.1, -0.05) is 25.1 Å². The number of fused-ring (bicyclic) bond motifs is 3. The van der Waals surface area contributed by atoms with E-state index in [0.717, 1.165) is 39.5 Å². The van der Waals surface area contributed by atoms with E-state index in [-0.39, 0.29) is 5.97 Å². The van der Waals surface area contributed by atoms with E-state index in [1.54, 1.807) is 17.4 Å². The number of benzene rings is 1. The summed E-state index contributed by atoms with van der Waals surface area (Å²) in [6.07, 6.45) is 1.37. The Hall–Kier alpha value is -3.13. The first-order valence-electron chi connectivity index (χ1n) is 10.1. The predicted molar refractivity (Wildman–Crippen MR) is 119 cm³/mol. The number of hydrogen-bond acceptors (Lipinski definition) is 7. The number of aldehydes is 1. The molecule has 0 spiro atoms. The molecule has 0 unspecified atom stereocenters. The lowest BCUT2D eigenvalue weighted by atomic mass is 9.95. The molecule has 8 heteroatoms. The zero-order chi connectivity index (χ0) is 22.3. The van der Waals surface area contributed by atoms with E-state index in [4.69, 9.17) is 9.73 Å². The van der Waals surface area contributed by atoms with Gasteiger partial charge in [-0.05, 0) is 38.8 Å². The fourth-order valence-electron chi connectivity index (χ4n) is 4.05. The maximum Gasteiger partial charge on any atom is 0.311 e. The highest BCUT2D eigenvalue weighted by Gasteiger charge is 2.38. The van der Waals surface area contributed by atoms with E-state index in [0.29, 0.717) is 17.8 Å². The quantitative estimate of drug-likeness (QED) is 0.443. The molecular formula is C23H24N4O3S. The largest absolute Gasteiger partial charge is 0.469 e. The van der Waals surface area contributed by atoms with E-state index >= 15 is 0 Å². The maximum atomic E-state index is 12.7. The van der Waals surface area contributed by atoms with Crippen LogP contribution in [0.4, 0.5) is 0 Å². The number of methoxy groups -OCH3 is 1. The van der Waals surface area contributed by atoms with Gasteiger partial charge in [-0.15, -0.1) is 21.5 Å². The third-order valence-electron chi connectivity index (χ3n) is 5.81. The number of carbonyl (C=O) groups is 2. The van der Waals surface area contributed by atoms with Crippen molar-refractivity contribution >= 4 is 29.3 Å². The zero-order valence-corrected chi connectivity index (χ0v) is 19.0. The molecule has 0 saturated heterocycles. The number of rotatable bonds is 5. The molecule has 4 rings (SSSR count). The van der Waals surface area contributed by atoms with Crippen LogP contribution < -0.4 is 0 Å². The Balaban J connectivity index is 2.06. The second-order valence-corrected chi connectivity index (χ2v) is 8.81. The molecule has 0 radical (unpaired) electrons. The lowest BCUT2D eigenvalue weighted by Gasteiger charge is -2.20. The summed E-state index contributed by atoms with van der Waals surface area (Å²) in [6, 6.07) is 6.82. The lowest BCUT2D eigenvalue weighted by Crippen LogP contribution is -2.24. The summed E-state index contributed by atoms with van der Waals surface area (Å²) in [5.41, 5.74) is 4.24. The topological polar surface area (TPSA) is 86.4 Å². The van der Waals surface area contributed by atoms with E-state index in [9.17, 15) is 9.59 Å². The Kier molecular flexibility index (Phi) is 5.58. The van der Waals surface area contributed by atoms with Gasteiger partial charge >= 0.3 is 5.97 Å². The standard InChI is InChI=1S/C23H24N4O3S/c1-6-17(23(29)30-5)20-21-26-25-14(4)27(21)22-18(12(2)13(3)31-22)19(24-20)16-9-7-8-15(10-16)11-28/h7-11,17,20H,6H2,1-5H3/t17-,20+/m1/s1. The molecule has 3 aromatic rings. The van der Waals surface area contributed by atoms with Gasteiger partial charge in [0.2, 0.25) is 0 Å². The third kappa shape index (κ3) is 3.40. The second kappa shape index (κ2) is 8.19. The molecule has 1 aliphatic rings. The van der Waals surface area contributed by atoms with Gasteiger partial charge in [0.25, 0.3) is 0 Å². The van der Waals surface area contributed by atoms with Crippen molar-refractivity contribution in [1.82, 2.24) is 14.8 Å². The van der Waals surface area contributed by atoms with Crippen molar-refractivity contribution in [2.45, 2.75) is 40.2 Å². The first-order valence-corrected chi connectivity index (χ1v) is 11.0. The van der Waals surface area contributed by atoms with Crippen molar-refractivity contribution in [3.63, 3.8) is 0 Å². The summed E-state index contributed by atoms with van der Waals surface area (Å²) in [6.45, 7) is 7.99. The van der Waals surface area contributed by atoms with E-state index in [1.165, 1.54) is 12.0 Å². The summed E-state index contributed by atoms with van der Waals surface area (Å²) in [4.78, 5) is 30.4. The van der Waals surface area contributed by atoms with Crippen LogP contribution in [0.15, 0.2) is 29.3 Å². The first kappa shape index (κ1) is 21.1. The predicted octanol–water partition coefficient (Wildman–Crippen LogP) is 4.16. The Labute approximate surface area is 184 Å². The average Bonchev–Trinajstić information content (AvgIpc) is 3.25. The molecule has 160 valence electrons. The minimum atomic E-state index is -0.562. The van der Waals surface area contributed by atoms with Crippen molar-refractivity contribution in [2.24, 2.45) is 10.9 Å². The molecule has 0 fully saturated rings. The summed E-state index contributed by atoms with van der Waals surface area (Å²) >= 11 is 1.65. The van der Waals surface area contributed by atoms with Gasteiger partial charge in [0.05, 0.1) is 18.7 Å². The molecule has 0 amide bonds. The number of aromatic nitrogens is 3. The maximum absolute atomic E-state index is 12.7. The third-order valence-corrected chi connectivity index (χ3v) is 7.00. The number of aliphatic imine (C=N–C) groups is 1. The number of nitrogens with zero attached hydrogens (tertiary/aromatic N) is 4. The molecule has 0 bridgehead atoms. The molecule has 7 nitrogen and oxygen atoms in total. The Morgan fingerprint density at radius 1 is 1.29 bits per heavy atom. The summed E-state index contributed by atoms with van der Waals surface area (Å²) in [5, 5.41) is 9.72. The van der Waals surface area contributed by atoms with Crippen LogP contribution in [-0.4, -0.2) is 39.8 Å². The lowest BCUT2D eigenvalue weighted by molar-refractivity contribution is -0.146. The highest BCUT2D eigenvalue weighted by atomic mass is 32.1. The van der Waals surface area contributed by atoms with Crippen molar-refractivity contribution in [2.75, 3.05) is 7.11 Å². The molecule has 0 aliphatic carbocycles. The number of aryl methyl sites for hydroxylation is 2. The van der Waals surface area contributed by atoms with Gasteiger partial charge in [0.15, 0.2) is 5.82 Å². The van der Waals surface area contributed by atoms with Crippen LogP contribution in [0.25, 0.3) is 5.00 Å². The van der Waals surface area contributed by atoms with E-state index in [2.05, 4.69) is 24.0 Å². The van der Waals surface area contributed by atoms with Crippen LogP contribution in [0.3, 0.4) is 0 Å². The van der Waals surface area contributed by atoms with Gasteiger partial charge in [-0.25, -0.2) is 0 Å². The van der Waals surface area contributed by atoms with Crippen LogP contribution >= 0.6 is 11.3 Å². The number of hydrogen-bond donors (Lipinski definition) is 0. The van der Waals surface area contributed by atoms with Crippen LogP contribution in [-0.2, 0) is 9.53 Å². The Bertz CT molecular complexity index is 1210. The van der Waals surface area contributed by atoms with Gasteiger partial charge < -0.3 is 4.74 Å². The normalized spacial score (nSPS) is 16.0. The van der Waals surface area contributed by atoms with Crippen LogP contribution in [0.5, 0.6) is 0 Å². The highest BCUT2D eigenvalue weighted by Crippen LogP contribution is 2.41. The SMILES string of the molecule is CC[C@@H](C(=O)OC)[C@@H]1N=C(c2cccc(C=O)c2)c2c(sc(C)c2C)-n2c(C)nnc21. The van der Waals surface area contributed by atoms with Crippen molar-refractivity contribution in [1.29, 1.82) is 0 Å². The molecular weight excluding hydrogens is 412 g/mol. The zero-order valence-electron chi connectivity index (χ0n) is 18.2. The van der Waals surface area contributed by atoms with Crippen molar-refractivity contribution in [3.05, 3.63) is 63.0 Å². The van der Waals surface area contributed by atoms with Crippen LogP contribution in [0.1, 0.15) is 63.0 Å².